The van der Waals surface area contributed by atoms with E-state index in [-0.39, 0.29) is 6.61 Å². The molecule has 1 unspecified atom stereocenters. The Morgan fingerprint density at radius 2 is 2.04 bits per heavy atom. The summed E-state index contributed by atoms with van der Waals surface area (Å²) in [7, 11) is 1.52. The van der Waals surface area contributed by atoms with Crippen molar-refractivity contribution in [1.29, 1.82) is 0 Å². The molecule has 0 saturated carbocycles. The number of thioether (sulfide) groups is 1. The first-order valence-corrected chi connectivity index (χ1v) is 8.66. The topological polar surface area (TPSA) is 117 Å². The number of benzene rings is 1. The first-order chi connectivity index (χ1) is 12.4. The molecular weight excluding hydrogens is 360 g/mol. The summed E-state index contributed by atoms with van der Waals surface area (Å²) in [4.78, 5) is 34.2. The van der Waals surface area contributed by atoms with Crippen molar-refractivity contribution in [2.75, 3.05) is 26.1 Å². The maximum absolute atomic E-state index is 12.0. The number of nitrogen functional groups attached to an aromatic ring is 1. The number of nitrogens with one attached hydrogen (secondary N) is 1. The van der Waals surface area contributed by atoms with E-state index in [4.69, 9.17) is 15.2 Å². The minimum Gasteiger partial charge on any atom is -0.497 e. The molecule has 8 nitrogen and oxygen atoms in total. The van der Waals surface area contributed by atoms with Crippen LogP contribution in [0, 0.1) is 0 Å². The van der Waals surface area contributed by atoms with E-state index in [1.54, 1.807) is 25.1 Å². The van der Waals surface area contributed by atoms with Crippen molar-refractivity contribution < 1.29 is 28.6 Å². The highest BCUT2D eigenvalue weighted by molar-refractivity contribution is 8.02. The van der Waals surface area contributed by atoms with Gasteiger partial charge in [-0.15, -0.1) is 11.8 Å². The van der Waals surface area contributed by atoms with Crippen LogP contribution in [0.3, 0.4) is 0 Å². The highest BCUT2D eigenvalue weighted by Crippen LogP contribution is 2.33. The molecule has 0 aliphatic carbocycles. The van der Waals surface area contributed by atoms with E-state index >= 15 is 0 Å². The number of carbonyl (C=O) groups is 3. The van der Waals surface area contributed by atoms with Crippen molar-refractivity contribution in [3.8, 4) is 5.75 Å². The molecule has 1 atom stereocenters. The standard InChI is InChI=1S/C17H22N2O6S/c1-4-24-16(22)7-8-26-17(19-15(21)10-25-11(2)20)13-6-5-12(23-3)9-14(13)18/h5-9,17H,4,10,18H2,1-3H3,(H,19,21)/b8-7-. The highest BCUT2D eigenvalue weighted by atomic mass is 32.2. The van der Waals surface area contributed by atoms with Crippen LogP contribution in [-0.2, 0) is 23.9 Å². The lowest BCUT2D eigenvalue weighted by Gasteiger charge is -2.19. The van der Waals surface area contributed by atoms with Gasteiger partial charge in [0.05, 0.1) is 13.7 Å². The molecule has 0 aliphatic rings. The minimum atomic E-state index is -0.602. The Balaban J connectivity index is 2.92. The summed E-state index contributed by atoms with van der Waals surface area (Å²) in [5, 5.41) is 3.59. The van der Waals surface area contributed by atoms with Crippen LogP contribution in [0.5, 0.6) is 5.75 Å². The van der Waals surface area contributed by atoms with Gasteiger partial charge in [-0.2, -0.15) is 0 Å². The number of esters is 2. The summed E-state index contributed by atoms with van der Waals surface area (Å²) in [5.74, 6) is -0.982. The fourth-order valence-electron chi connectivity index (χ4n) is 1.82. The Bertz CT molecular complexity index is 677. The lowest BCUT2D eigenvalue weighted by molar-refractivity contribution is -0.146. The third-order valence-electron chi connectivity index (χ3n) is 2.98. The van der Waals surface area contributed by atoms with Gasteiger partial charge in [0.1, 0.15) is 11.1 Å². The minimum absolute atomic E-state index is 0.266. The van der Waals surface area contributed by atoms with E-state index in [1.807, 2.05) is 0 Å². The van der Waals surface area contributed by atoms with Crippen LogP contribution in [0.15, 0.2) is 29.7 Å². The zero-order chi connectivity index (χ0) is 19.5. The normalized spacial score (nSPS) is 11.7. The maximum Gasteiger partial charge on any atom is 0.331 e. The van der Waals surface area contributed by atoms with Gasteiger partial charge in [-0.05, 0) is 18.4 Å². The van der Waals surface area contributed by atoms with E-state index in [1.165, 1.54) is 25.5 Å². The molecule has 0 aliphatic heterocycles. The number of ether oxygens (including phenoxy) is 3. The van der Waals surface area contributed by atoms with Gasteiger partial charge >= 0.3 is 11.9 Å². The van der Waals surface area contributed by atoms with E-state index in [0.29, 0.717) is 17.0 Å². The second kappa shape index (κ2) is 11.0. The number of hydrogen-bond acceptors (Lipinski definition) is 8. The van der Waals surface area contributed by atoms with Crippen LogP contribution in [0.25, 0.3) is 0 Å². The zero-order valence-electron chi connectivity index (χ0n) is 14.8. The van der Waals surface area contributed by atoms with Gasteiger partial charge in [0.2, 0.25) is 0 Å². The van der Waals surface area contributed by atoms with E-state index in [2.05, 4.69) is 10.1 Å². The summed E-state index contributed by atoms with van der Waals surface area (Å²) in [5.41, 5.74) is 7.04. The van der Waals surface area contributed by atoms with Gasteiger partial charge in [-0.1, -0.05) is 6.07 Å². The fourth-order valence-corrected chi connectivity index (χ4v) is 2.73. The molecule has 3 N–H and O–H groups in total. The molecule has 9 heteroatoms. The van der Waals surface area contributed by atoms with Gasteiger partial charge in [-0.25, -0.2) is 4.79 Å². The van der Waals surface area contributed by atoms with Gasteiger partial charge in [-0.3, -0.25) is 9.59 Å². The molecule has 0 fully saturated rings. The number of methoxy groups -OCH3 is 1. The molecule has 1 aromatic rings. The monoisotopic (exact) mass is 382 g/mol. The van der Waals surface area contributed by atoms with Gasteiger partial charge in [0, 0.05) is 30.3 Å². The Morgan fingerprint density at radius 1 is 1.31 bits per heavy atom. The summed E-state index contributed by atoms with van der Waals surface area (Å²) >= 11 is 1.14. The number of hydrogen-bond donors (Lipinski definition) is 2. The van der Waals surface area contributed by atoms with Gasteiger partial charge in [0.15, 0.2) is 6.61 Å². The Kier molecular flexibility index (Phi) is 9.07. The second-order valence-corrected chi connectivity index (χ2v) is 5.93. The van der Waals surface area contributed by atoms with Crippen molar-refractivity contribution >= 4 is 35.3 Å². The van der Waals surface area contributed by atoms with Gasteiger partial charge in [0.25, 0.3) is 5.91 Å². The molecule has 0 heterocycles. The third-order valence-corrected chi connectivity index (χ3v) is 3.92. The van der Waals surface area contributed by atoms with Crippen molar-refractivity contribution in [3.05, 3.63) is 35.2 Å². The number of carbonyl (C=O) groups excluding carboxylic acids is 3. The third kappa shape index (κ3) is 7.47. The zero-order valence-corrected chi connectivity index (χ0v) is 15.6. The summed E-state index contributed by atoms with van der Waals surface area (Å²) < 4.78 is 14.6. The predicted molar refractivity (Wildman–Crippen MR) is 98.3 cm³/mol. The highest BCUT2D eigenvalue weighted by Gasteiger charge is 2.18. The number of nitrogens with two attached hydrogens (primary N) is 1. The molecule has 0 bridgehead atoms. The Hall–Kier alpha value is -2.68. The Morgan fingerprint density at radius 3 is 2.62 bits per heavy atom. The van der Waals surface area contributed by atoms with Crippen LogP contribution in [0.1, 0.15) is 24.8 Å². The first-order valence-electron chi connectivity index (χ1n) is 7.72. The quantitative estimate of drug-likeness (QED) is 0.287. The average molecular weight is 382 g/mol. The van der Waals surface area contributed by atoms with Crippen LogP contribution in [0.2, 0.25) is 0 Å². The summed E-state index contributed by atoms with van der Waals surface area (Å²) in [6, 6.07) is 5.03. The largest absolute Gasteiger partial charge is 0.497 e. The lowest BCUT2D eigenvalue weighted by Crippen LogP contribution is -2.31. The van der Waals surface area contributed by atoms with Crippen LogP contribution >= 0.6 is 11.8 Å². The predicted octanol–water partition coefficient (Wildman–Crippen LogP) is 1.77. The lowest BCUT2D eigenvalue weighted by atomic mass is 10.1. The van der Waals surface area contributed by atoms with E-state index < -0.39 is 29.8 Å². The van der Waals surface area contributed by atoms with E-state index in [0.717, 1.165) is 11.8 Å². The SMILES string of the molecule is CCOC(=O)/C=C\SC(NC(=O)COC(C)=O)c1ccc(OC)cc1N. The molecule has 0 radical (unpaired) electrons. The van der Waals surface area contributed by atoms with Crippen molar-refractivity contribution in [3.63, 3.8) is 0 Å². The number of amides is 1. The van der Waals surface area contributed by atoms with Crippen molar-refractivity contribution in [2.45, 2.75) is 19.2 Å². The van der Waals surface area contributed by atoms with Crippen molar-refractivity contribution in [1.82, 2.24) is 5.32 Å². The number of anilines is 1. The van der Waals surface area contributed by atoms with E-state index in [9.17, 15) is 14.4 Å². The molecule has 1 amide bonds. The first kappa shape index (κ1) is 21.4. The van der Waals surface area contributed by atoms with Crippen molar-refractivity contribution in [2.24, 2.45) is 0 Å². The summed E-state index contributed by atoms with van der Waals surface area (Å²) in [6.07, 6.45) is 1.25. The molecular formula is C17H22N2O6S. The molecule has 0 saturated heterocycles. The molecule has 0 aromatic heterocycles. The number of rotatable bonds is 9. The Labute approximate surface area is 156 Å². The van der Waals surface area contributed by atoms with Crippen LogP contribution < -0.4 is 15.8 Å². The molecule has 1 aromatic carbocycles. The average Bonchev–Trinajstić information content (AvgIpc) is 2.59. The van der Waals surface area contributed by atoms with Gasteiger partial charge < -0.3 is 25.3 Å². The molecule has 1 rings (SSSR count). The second-order valence-electron chi connectivity index (χ2n) is 4.91. The smallest absolute Gasteiger partial charge is 0.331 e. The fraction of sp³-hybridized carbons (Fsp3) is 0.353. The maximum atomic E-state index is 12.0. The summed E-state index contributed by atoms with van der Waals surface area (Å²) in [6.45, 7) is 2.77. The molecule has 142 valence electrons. The molecule has 26 heavy (non-hydrogen) atoms. The van der Waals surface area contributed by atoms with Crippen LogP contribution in [-0.4, -0.2) is 38.2 Å². The molecule has 0 spiro atoms. The van der Waals surface area contributed by atoms with Crippen LogP contribution in [0.4, 0.5) is 5.69 Å².